The third kappa shape index (κ3) is 3.22. The standard InChI is InChI=1S/C17H15N5O4/c1-2-20-11-12(14-5-3-4-6-16(14)20)10-18-19-15-8-7-13(21(23)24)9-17(15)22(25)26/h3-11,19H,2H2,1H3. The number of rotatable bonds is 6. The molecule has 0 amide bonds. The summed E-state index contributed by atoms with van der Waals surface area (Å²) in [7, 11) is 0. The fourth-order valence-corrected chi connectivity index (χ4v) is 2.69. The third-order valence-electron chi connectivity index (χ3n) is 3.94. The molecule has 9 nitrogen and oxygen atoms in total. The Balaban J connectivity index is 1.90. The van der Waals surface area contributed by atoms with Crippen molar-refractivity contribution >= 4 is 34.2 Å². The van der Waals surface area contributed by atoms with Crippen LogP contribution in [0.1, 0.15) is 12.5 Å². The van der Waals surface area contributed by atoms with Gasteiger partial charge < -0.3 is 4.57 Å². The molecule has 0 spiro atoms. The monoisotopic (exact) mass is 353 g/mol. The van der Waals surface area contributed by atoms with Crippen LogP contribution in [0.2, 0.25) is 0 Å². The number of aromatic nitrogens is 1. The van der Waals surface area contributed by atoms with E-state index < -0.39 is 15.5 Å². The van der Waals surface area contributed by atoms with E-state index in [1.54, 1.807) is 6.21 Å². The Kier molecular flexibility index (Phi) is 4.61. The summed E-state index contributed by atoms with van der Waals surface area (Å²) >= 11 is 0. The number of nitro benzene ring substituents is 2. The minimum absolute atomic E-state index is 0.0797. The van der Waals surface area contributed by atoms with Gasteiger partial charge in [0.1, 0.15) is 5.69 Å². The van der Waals surface area contributed by atoms with Gasteiger partial charge in [0.25, 0.3) is 5.69 Å². The molecule has 0 aliphatic carbocycles. The highest BCUT2D eigenvalue weighted by Gasteiger charge is 2.19. The van der Waals surface area contributed by atoms with Crippen LogP contribution < -0.4 is 5.43 Å². The largest absolute Gasteiger partial charge is 0.347 e. The highest BCUT2D eigenvalue weighted by Crippen LogP contribution is 2.29. The maximum atomic E-state index is 11.1. The van der Waals surface area contributed by atoms with Crippen molar-refractivity contribution in [1.82, 2.24) is 4.57 Å². The van der Waals surface area contributed by atoms with E-state index in [9.17, 15) is 20.2 Å². The Morgan fingerprint density at radius 1 is 1.15 bits per heavy atom. The molecule has 9 heteroatoms. The Bertz CT molecular complexity index is 1030. The van der Waals surface area contributed by atoms with Crippen molar-refractivity contribution in [2.75, 3.05) is 5.43 Å². The number of para-hydroxylation sites is 1. The molecule has 26 heavy (non-hydrogen) atoms. The van der Waals surface area contributed by atoms with Crippen LogP contribution in [0.25, 0.3) is 10.9 Å². The fraction of sp³-hybridized carbons (Fsp3) is 0.118. The molecule has 0 saturated heterocycles. The molecule has 1 N–H and O–H groups in total. The highest BCUT2D eigenvalue weighted by molar-refractivity contribution is 5.99. The second-order valence-electron chi connectivity index (χ2n) is 5.47. The molecular formula is C17H15N5O4. The fourth-order valence-electron chi connectivity index (χ4n) is 2.69. The number of non-ortho nitro benzene ring substituents is 1. The SMILES string of the molecule is CCn1cc(C=NNc2ccc([N+](=O)[O-])cc2[N+](=O)[O-])c2ccccc21. The van der Waals surface area contributed by atoms with Crippen molar-refractivity contribution in [3.63, 3.8) is 0 Å². The van der Waals surface area contributed by atoms with Crippen LogP contribution in [0.3, 0.4) is 0 Å². The highest BCUT2D eigenvalue weighted by atomic mass is 16.6. The second kappa shape index (κ2) is 7.01. The Morgan fingerprint density at radius 2 is 1.92 bits per heavy atom. The van der Waals surface area contributed by atoms with Gasteiger partial charge in [-0.3, -0.25) is 25.7 Å². The van der Waals surface area contributed by atoms with Crippen molar-refractivity contribution in [2.45, 2.75) is 13.5 Å². The lowest BCUT2D eigenvalue weighted by atomic mass is 10.2. The average Bonchev–Trinajstić information content (AvgIpc) is 2.99. The lowest BCUT2D eigenvalue weighted by Gasteiger charge is -2.01. The number of hydrogen-bond acceptors (Lipinski definition) is 6. The second-order valence-corrected chi connectivity index (χ2v) is 5.47. The molecule has 1 aromatic heterocycles. The van der Waals surface area contributed by atoms with Crippen LogP contribution in [0.4, 0.5) is 17.1 Å². The number of aryl methyl sites for hydroxylation is 1. The van der Waals surface area contributed by atoms with E-state index in [0.29, 0.717) is 0 Å². The van der Waals surface area contributed by atoms with Crippen molar-refractivity contribution in [3.05, 3.63) is 74.5 Å². The first-order valence-electron chi connectivity index (χ1n) is 7.81. The van der Waals surface area contributed by atoms with Gasteiger partial charge in [0.05, 0.1) is 22.1 Å². The molecule has 132 valence electrons. The summed E-state index contributed by atoms with van der Waals surface area (Å²) in [6.07, 6.45) is 3.51. The maximum absolute atomic E-state index is 11.1. The summed E-state index contributed by atoms with van der Waals surface area (Å²) < 4.78 is 2.07. The van der Waals surface area contributed by atoms with E-state index in [-0.39, 0.29) is 11.4 Å². The minimum atomic E-state index is -0.687. The number of hydrazone groups is 1. The molecule has 0 radical (unpaired) electrons. The first-order valence-corrected chi connectivity index (χ1v) is 7.81. The molecule has 3 rings (SSSR count). The molecule has 2 aromatic carbocycles. The minimum Gasteiger partial charge on any atom is -0.347 e. The van der Waals surface area contributed by atoms with Crippen LogP contribution in [0, 0.1) is 20.2 Å². The van der Waals surface area contributed by atoms with Gasteiger partial charge in [-0.15, -0.1) is 0 Å². The van der Waals surface area contributed by atoms with Crippen LogP contribution in [0.5, 0.6) is 0 Å². The third-order valence-corrected chi connectivity index (χ3v) is 3.94. The van der Waals surface area contributed by atoms with E-state index in [1.807, 2.05) is 37.4 Å². The van der Waals surface area contributed by atoms with E-state index >= 15 is 0 Å². The molecule has 0 atom stereocenters. The Hall–Kier alpha value is -3.75. The van der Waals surface area contributed by atoms with Gasteiger partial charge in [-0.2, -0.15) is 5.10 Å². The lowest BCUT2D eigenvalue weighted by molar-refractivity contribution is -0.393. The van der Waals surface area contributed by atoms with E-state index in [1.165, 1.54) is 12.1 Å². The summed E-state index contributed by atoms with van der Waals surface area (Å²) in [6, 6.07) is 11.2. The van der Waals surface area contributed by atoms with Gasteiger partial charge in [0, 0.05) is 35.3 Å². The first-order chi connectivity index (χ1) is 12.5. The van der Waals surface area contributed by atoms with Crippen LogP contribution in [0.15, 0.2) is 53.8 Å². The van der Waals surface area contributed by atoms with Crippen molar-refractivity contribution in [1.29, 1.82) is 0 Å². The van der Waals surface area contributed by atoms with E-state index in [4.69, 9.17) is 0 Å². The number of anilines is 1. The normalized spacial score (nSPS) is 11.1. The molecular weight excluding hydrogens is 338 g/mol. The van der Waals surface area contributed by atoms with Crippen LogP contribution in [-0.2, 0) is 6.54 Å². The van der Waals surface area contributed by atoms with Gasteiger partial charge in [0.2, 0.25) is 0 Å². The summed E-state index contributed by atoms with van der Waals surface area (Å²) in [5.41, 5.74) is 3.85. The Morgan fingerprint density at radius 3 is 2.62 bits per heavy atom. The van der Waals surface area contributed by atoms with E-state index in [0.717, 1.165) is 29.1 Å². The molecule has 0 fully saturated rings. The van der Waals surface area contributed by atoms with E-state index in [2.05, 4.69) is 15.1 Å². The van der Waals surface area contributed by atoms with Crippen LogP contribution in [-0.4, -0.2) is 20.6 Å². The molecule has 0 bridgehead atoms. The molecule has 0 aliphatic rings. The van der Waals surface area contributed by atoms with Crippen molar-refractivity contribution in [3.8, 4) is 0 Å². The number of nitro groups is 2. The lowest BCUT2D eigenvalue weighted by Crippen LogP contribution is -1.98. The summed E-state index contributed by atoms with van der Waals surface area (Å²) in [5, 5.41) is 27.0. The average molecular weight is 353 g/mol. The number of nitrogens with one attached hydrogen (secondary N) is 1. The van der Waals surface area contributed by atoms with Gasteiger partial charge in [0.15, 0.2) is 0 Å². The topological polar surface area (TPSA) is 116 Å². The van der Waals surface area contributed by atoms with Gasteiger partial charge in [-0.25, -0.2) is 0 Å². The van der Waals surface area contributed by atoms with Gasteiger partial charge >= 0.3 is 5.69 Å². The number of hydrogen-bond donors (Lipinski definition) is 1. The molecule has 1 heterocycles. The number of fused-ring (bicyclic) bond motifs is 1. The molecule has 3 aromatic rings. The van der Waals surface area contributed by atoms with Gasteiger partial charge in [-0.05, 0) is 19.1 Å². The molecule has 0 unspecified atom stereocenters. The molecule has 0 saturated carbocycles. The number of nitrogens with zero attached hydrogens (tertiary/aromatic N) is 4. The maximum Gasteiger partial charge on any atom is 0.301 e. The van der Waals surface area contributed by atoms with Crippen molar-refractivity contribution < 1.29 is 9.85 Å². The predicted molar refractivity (Wildman–Crippen MR) is 98.6 cm³/mol. The summed E-state index contributed by atoms with van der Waals surface area (Å²) in [4.78, 5) is 20.5. The van der Waals surface area contributed by atoms with Crippen LogP contribution >= 0.6 is 0 Å². The summed E-state index contributed by atoms with van der Waals surface area (Å²) in [5.74, 6) is 0. The van der Waals surface area contributed by atoms with Gasteiger partial charge in [-0.1, -0.05) is 18.2 Å². The quantitative estimate of drug-likeness (QED) is 0.409. The zero-order valence-corrected chi connectivity index (χ0v) is 13.8. The number of benzene rings is 2. The zero-order chi connectivity index (χ0) is 18.7. The van der Waals surface area contributed by atoms with Crippen molar-refractivity contribution in [2.24, 2.45) is 5.10 Å². The summed E-state index contributed by atoms with van der Waals surface area (Å²) in [6.45, 7) is 2.83. The zero-order valence-electron chi connectivity index (χ0n) is 13.8. The predicted octanol–water partition coefficient (Wildman–Crippen LogP) is 3.92. The smallest absolute Gasteiger partial charge is 0.301 e. The molecule has 0 aliphatic heterocycles. The first kappa shape index (κ1) is 17.1. The Labute approximate surface area is 147 Å².